The minimum absolute atomic E-state index is 0.174. The quantitative estimate of drug-likeness (QED) is 0.546. The Morgan fingerprint density at radius 1 is 1.21 bits per heavy atom. The van der Waals surface area contributed by atoms with Crippen molar-refractivity contribution in [1.29, 1.82) is 0 Å². The first kappa shape index (κ1) is 18.7. The van der Waals surface area contributed by atoms with E-state index < -0.39 is 11.6 Å². The fraction of sp³-hybridized carbons (Fsp3) is 0.100. The molecule has 4 aromatic rings. The van der Waals surface area contributed by atoms with Gasteiger partial charge in [0, 0.05) is 23.1 Å². The Kier molecular flexibility index (Phi) is 5.01. The summed E-state index contributed by atoms with van der Waals surface area (Å²) < 4.78 is 8.18. The number of nitrogens with zero attached hydrogens (tertiary/aromatic N) is 4. The van der Waals surface area contributed by atoms with Gasteiger partial charge in [-0.1, -0.05) is 35.9 Å². The number of carbonyl (C=O) groups excluding carboxylic acids is 1. The summed E-state index contributed by atoms with van der Waals surface area (Å²) in [4.78, 5) is 29.1. The maximum absolute atomic E-state index is 12.6. The van der Waals surface area contributed by atoms with E-state index >= 15 is 0 Å². The molecule has 29 heavy (non-hydrogen) atoms. The second kappa shape index (κ2) is 7.76. The number of hydrogen-bond acceptors (Lipinski definition) is 5. The maximum atomic E-state index is 12.6. The predicted molar refractivity (Wildman–Crippen MR) is 109 cm³/mol. The van der Waals surface area contributed by atoms with Gasteiger partial charge in [-0.25, -0.2) is 18.9 Å². The first-order valence-corrected chi connectivity index (χ1v) is 9.12. The van der Waals surface area contributed by atoms with E-state index in [4.69, 9.17) is 16.3 Å². The molecule has 0 atom stereocenters. The molecule has 9 heteroatoms. The van der Waals surface area contributed by atoms with Crippen molar-refractivity contribution in [1.82, 2.24) is 19.2 Å². The van der Waals surface area contributed by atoms with E-state index in [0.29, 0.717) is 16.5 Å². The van der Waals surface area contributed by atoms with Crippen LogP contribution in [0.4, 0.5) is 5.69 Å². The maximum Gasteiger partial charge on any atom is 0.351 e. The van der Waals surface area contributed by atoms with E-state index in [1.54, 1.807) is 30.3 Å². The van der Waals surface area contributed by atoms with Gasteiger partial charge in [0.15, 0.2) is 0 Å². The van der Waals surface area contributed by atoms with Crippen LogP contribution in [0.15, 0.2) is 65.7 Å². The second-order valence-electron chi connectivity index (χ2n) is 6.29. The van der Waals surface area contributed by atoms with Gasteiger partial charge in [-0.3, -0.25) is 4.79 Å². The molecule has 2 aromatic carbocycles. The number of halogens is 1. The van der Waals surface area contributed by atoms with Crippen LogP contribution < -0.4 is 15.7 Å². The third-order valence-electron chi connectivity index (χ3n) is 4.17. The van der Waals surface area contributed by atoms with E-state index in [2.05, 4.69) is 15.4 Å². The van der Waals surface area contributed by atoms with Gasteiger partial charge in [0.25, 0.3) is 5.88 Å². The molecule has 146 valence electrons. The molecule has 0 spiro atoms. The molecule has 1 N–H and O–H groups in total. The van der Waals surface area contributed by atoms with Crippen LogP contribution >= 0.6 is 11.6 Å². The highest BCUT2D eigenvalue weighted by atomic mass is 35.5. The standard InChI is InChI=1S/C20H16ClN5O3/c1-13-5-2-3-8-16(13)29-19-18-24-26(20(28)25(18)10-9-22-19)12-17(27)23-15-7-4-6-14(21)11-15/h2-11H,12H2,1H3,(H,23,27). The number of aromatic nitrogens is 4. The highest BCUT2D eigenvalue weighted by Gasteiger charge is 2.16. The fourth-order valence-corrected chi connectivity index (χ4v) is 2.97. The Labute approximate surface area is 170 Å². The molecular weight excluding hydrogens is 394 g/mol. The average molecular weight is 410 g/mol. The van der Waals surface area contributed by atoms with Crippen molar-refractivity contribution in [2.24, 2.45) is 0 Å². The molecule has 0 aliphatic heterocycles. The highest BCUT2D eigenvalue weighted by molar-refractivity contribution is 6.30. The van der Waals surface area contributed by atoms with Crippen LogP contribution in [0.1, 0.15) is 5.56 Å². The smallest absolute Gasteiger partial charge is 0.351 e. The summed E-state index contributed by atoms with van der Waals surface area (Å²) >= 11 is 5.92. The summed E-state index contributed by atoms with van der Waals surface area (Å²) in [5.74, 6) is 0.369. The van der Waals surface area contributed by atoms with Crippen LogP contribution in [0.25, 0.3) is 5.65 Å². The van der Waals surface area contributed by atoms with E-state index in [1.165, 1.54) is 16.8 Å². The van der Waals surface area contributed by atoms with Crippen LogP contribution in [-0.2, 0) is 11.3 Å². The predicted octanol–water partition coefficient (Wildman–Crippen LogP) is 3.28. The zero-order chi connectivity index (χ0) is 20.4. The van der Waals surface area contributed by atoms with Crippen LogP contribution in [0.2, 0.25) is 5.02 Å². The molecule has 0 fully saturated rings. The Bertz CT molecular complexity index is 1260. The van der Waals surface area contributed by atoms with Gasteiger partial charge in [0.05, 0.1) is 0 Å². The number of benzene rings is 2. The molecule has 0 radical (unpaired) electrons. The molecule has 0 aliphatic carbocycles. The van der Waals surface area contributed by atoms with Crippen molar-refractivity contribution in [3.05, 3.63) is 82.0 Å². The summed E-state index contributed by atoms with van der Waals surface area (Å²) in [6.07, 6.45) is 2.92. The normalized spacial score (nSPS) is 10.8. The Morgan fingerprint density at radius 2 is 2.03 bits per heavy atom. The number of hydrogen-bond donors (Lipinski definition) is 1. The second-order valence-corrected chi connectivity index (χ2v) is 6.73. The topological polar surface area (TPSA) is 90.5 Å². The molecule has 0 aliphatic rings. The summed E-state index contributed by atoms with van der Waals surface area (Å²) in [6, 6.07) is 14.2. The van der Waals surface area contributed by atoms with Gasteiger partial charge in [-0.15, -0.1) is 5.10 Å². The minimum atomic E-state index is -0.474. The third kappa shape index (κ3) is 3.97. The van der Waals surface area contributed by atoms with Crippen molar-refractivity contribution >= 4 is 28.8 Å². The lowest BCUT2D eigenvalue weighted by Gasteiger charge is -2.07. The van der Waals surface area contributed by atoms with Crippen LogP contribution in [0.3, 0.4) is 0 Å². The van der Waals surface area contributed by atoms with Gasteiger partial charge in [0.1, 0.15) is 12.3 Å². The number of nitrogens with one attached hydrogen (secondary N) is 1. The number of aryl methyl sites for hydroxylation is 1. The molecule has 0 unspecified atom stereocenters. The summed E-state index contributed by atoms with van der Waals surface area (Å²) in [7, 11) is 0. The first-order chi connectivity index (χ1) is 14.0. The Hall–Kier alpha value is -3.65. The summed E-state index contributed by atoms with van der Waals surface area (Å²) in [5, 5.41) is 7.41. The fourth-order valence-electron chi connectivity index (χ4n) is 2.78. The van der Waals surface area contributed by atoms with Gasteiger partial charge >= 0.3 is 5.69 Å². The molecule has 2 heterocycles. The largest absolute Gasteiger partial charge is 0.436 e. The Balaban J connectivity index is 1.61. The lowest BCUT2D eigenvalue weighted by atomic mass is 10.2. The highest BCUT2D eigenvalue weighted by Crippen LogP contribution is 2.24. The molecule has 4 rings (SSSR count). The van der Waals surface area contributed by atoms with E-state index in [9.17, 15) is 9.59 Å². The van der Waals surface area contributed by atoms with E-state index in [1.807, 2.05) is 25.1 Å². The molecular formula is C20H16ClN5O3. The average Bonchev–Trinajstić information content (AvgIpc) is 3.00. The molecule has 8 nitrogen and oxygen atoms in total. The lowest BCUT2D eigenvalue weighted by Crippen LogP contribution is -2.28. The molecule has 1 amide bonds. The zero-order valence-corrected chi connectivity index (χ0v) is 16.1. The van der Waals surface area contributed by atoms with Crippen molar-refractivity contribution in [3.8, 4) is 11.6 Å². The van der Waals surface area contributed by atoms with Gasteiger partial charge in [0.2, 0.25) is 11.6 Å². The first-order valence-electron chi connectivity index (χ1n) is 8.74. The Morgan fingerprint density at radius 3 is 2.83 bits per heavy atom. The molecule has 0 bridgehead atoms. The molecule has 2 aromatic heterocycles. The molecule has 0 saturated heterocycles. The van der Waals surface area contributed by atoms with Crippen molar-refractivity contribution < 1.29 is 9.53 Å². The minimum Gasteiger partial charge on any atom is -0.436 e. The van der Waals surface area contributed by atoms with Crippen LogP contribution in [-0.4, -0.2) is 25.1 Å². The van der Waals surface area contributed by atoms with Gasteiger partial charge in [-0.05, 0) is 36.8 Å². The SMILES string of the molecule is Cc1ccccc1Oc1nccn2c(=O)n(CC(=O)Nc3cccc(Cl)c3)nc12. The zero-order valence-electron chi connectivity index (χ0n) is 15.4. The van der Waals surface area contributed by atoms with Crippen molar-refractivity contribution in [2.75, 3.05) is 5.32 Å². The van der Waals surface area contributed by atoms with Crippen molar-refractivity contribution in [2.45, 2.75) is 13.5 Å². The molecule has 0 saturated carbocycles. The summed E-state index contributed by atoms with van der Waals surface area (Å²) in [6.45, 7) is 1.64. The number of carbonyl (C=O) groups is 1. The number of ether oxygens (including phenoxy) is 1. The van der Waals surface area contributed by atoms with Gasteiger partial charge in [-0.2, -0.15) is 0 Å². The van der Waals surface area contributed by atoms with Crippen LogP contribution in [0.5, 0.6) is 11.6 Å². The third-order valence-corrected chi connectivity index (χ3v) is 4.41. The van der Waals surface area contributed by atoms with Crippen LogP contribution in [0, 0.1) is 6.92 Å². The van der Waals surface area contributed by atoms with E-state index in [-0.39, 0.29) is 18.1 Å². The van der Waals surface area contributed by atoms with E-state index in [0.717, 1.165) is 10.2 Å². The lowest BCUT2D eigenvalue weighted by molar-refractivity contribution is -0.117. The monoisotopic (exact) mass is 409 g/mol. The number of rotatable bonds is 5. The number of fused-ring (bicyclic) bond motifs is 1. The summed E-state index contributed by atoms with van der Waals surface area (Å²) in [5.41, 5.74) is 1.19. The number of para-hydroxylation sites is 1. The van der Waals surface area contributed by atoms with Gasteiger partial charge < -0.3 is 10.1 Å². The number of anilines is 1. The number of amides is 1. The van der Waals surface area contributed by atoms with Crippen molar-refractivity contribution in [3.63, 3.8) is 0 Å².